The van der Waals surface area contributed by atoms with Crippen LogP contribution in [0.5, 0.6) is 0 Å². The number of hydrogen-bond acceptors (Lipinski definition) is 6. The normalized spacial score (nSPS) is 18.6. The van der Waals surface area contributed by atoms with Gasteiger partial charge >= 0.3 is 6.09 Å². The molecule has 1 fully saturated rings. The van der Waals surface area contributed by atoms with E-state index in [4.69, 9.17) is 4.74 Å². The predicted octanol–water partition coefficient (Wildman–Crippen LogP) is 3.46. The number of amides is 1. The lowest BCUT2D eigenvalue weighted by molar-refractivity contribution is 0.0636. The minimum absolute atomic E-state index is 0.0231. The van der Waals surface area contributed by atoms with E-state index in [2.05, 4.69) is 15.3 Å². The maximum Gasteiger partial charge on any atom is 0.407 e. The SMILES string of the molecule is CN(C)c1ccnc(N[C@H]2CC[C@@H](N(CCOCc3ccccc3)C(=O)O)CC2)n1. The summed E-state index contributed by atoms with van der Waals surface area (Å²) in [6, 6.07) is 12.0. The molecule has 1 saturated carbocycles. The van der Waals surface area contributed by atoms with Crippen LogP contribution < -0.4 is 10.2 Å². The van der Waals surface area contributed by atoms with Crippen molar-refractivity contribution in [3.8, 4) is 0 Å². The standard InChI is InChI=1S/C22H31N5O3/c1-26(2)20-12-13-23-21(25-20)24-18-8-10-19(11-9-18)27(22(28)29)14-15-30-16-17-6-4-3-5-7-17/h3-7,12-13,18-19H,8-11,14-16H2,1-2H3,(H,28,29)(H,23,24,25)/t18-,19+. The number of carboxylic acid groups (broad SMARTS) is 1. The number of rotatable bonds is 9. The molecule has 162 valence electrons. The molecule has 30 heavy (non-hydrogen) atoms. The van der Waals surface area contributed by atoms with E-state index in [0.29, 0.717) is 25.7 Å². The van der Waals surface area contributed by atoms with Crippen molar-refractivity contribution in [2.45, 2.75) is 44.4 Å². The van der Waals surface area contributed by atoms with Gasteiger partial charge in [0, 0.05) is 38.9 Å². The third-order valence-corrected chi connectivity index (χ3v) is 5.40. The van der Waals surface area contributed by atoms with E-state index in [1.165, 1.54) is 4.90 Å². The molecule has 0 aliphatic heterocycles. The molecule has 0 atom stereocenters. The lowest BCUT2D eigenvalue weighted by Gasteiger charge is -2.35. The fourth-order valence-corrected chi connectivity index (χ4v) is 3.74. The smallest absolute Gasteiger partial charge is 0.407 e. The summed E-state index contributed by atoms with van der Waals surface area (Å²) in [6.07, 6.45) is 4.27. The van der Waals surface area contributed by atoms with Crippen LogP contribution in [0.25, 0.3) is 0 Å². The monoisotopic (exact) mass is 413 g/mol. The maximum absolute atomic E-state index is 11.8. The summed E-state index contributed by atoms with van der Waals surface area (Å²) >= 11 is 0. The number of hydrogen-bond donors (Lipinski definition) is 2. The van der Waals surface area contributed by atoms with E-state index in [1.807, 2.05) is 55.4 Å². The molecule has 0 spiro atoms. The first-order valence-electron chi connectivity index (χ1n) is 10.4. The molecule has 2 aromatic rings. The predicted molar refractivity (Wildman–Crippen MR) is 117 cm³/mol. The molecule has 1 heterocycles. The second-order valence-corrected chi connectivity index (χ2v) is 7.80. The van der Waals surface area contributed by atoms with Crippen LogP contribution in [0.3, 0.4) is 0 Å². The molecule has 1 aromatic carbocycles. The number of anilines is 2. The fraction of sp³-hybridized carbons (Fsp3) is 0.500. The maximum atomic E-state index is 11.8. The zero-order valence-corrected chi connectivity index (χ0v) is 17.7. The summed E-state index contributed by atoms with van der Waals surface area (Å²) in [5, 5.41) is 13.1. The number of ether oxygens (including phenoxy) is 1. The first-order chi connectivity index (χ1) is 14.5. The third kappa shape index (κ3) is 6.32. The van der Waals surface area contributed by atoms with Crippen molar-refractivity contribution >= 4 is 17.9 Å². The highest BCUT2D eigenvalue weighted by Gasteiger charge is 2.28. The Labute approximate surface area is 177 Å². The number of nitrogens with zero attached hydrogens (tertiary/aromatic N) is 4. The summed E-state index contributed by atoms with van der Waals surface area (Å²) in [5.41, 5.74) is 1.09. The molecular weight excluding hydrogens is 382 g/mol. The Morgan fingerprint density at radius 2 is 1.90 bits per heavy atom. The van der Waals surface area contributed by atoms with Crippen molar-refractivity contribution in [2.24, 2.45) is 0 Å². The van der Waals surface area contributed by atoms with Gasteiger partial charge in [-0.25, -0.2) is 9.78 Å². The Kier molecular flexibility index (Phi) is 7.84. The van der Waals surface area contributed by atoms with Gasteiger partial charge in [-0.15, -0.1) is 0 Å². The van der Waals surface area contributed by atoms with Crippen molar-refractivity contribution in [3.05, 3.63) is 48.2 Å². The molecule has 0 saturated heterocycles. The van der Waals surface area contributed by atoms with Gasteiger partial charge in [0.1, 0.15) is 5.82 Å². The van der Waals surface area contributed by atoms with Gasteiger partial charge < -0.3 is 25.0 Å². The second kappa shape index (κ2) is 10.8. The van der Waals surface area contributed by atoms with Gasteiger partial charge in [-0.3, -0.25) is 0 Å². The minimum Gasteiger partial charge on any atom is -0.465 e. The first kappa shape index (κ1) is 21.8. The summed E-state index contributed by atoms with van der Waals surface area (Å²) < 4.78 is 5.68. The molecule has 1 aromatic heterocycles. The quantitative estimate of drug-likeness (QED) is 0.608. The summed E-state index contributed by atoms with van der Waals surface area (Å²) in [5.74, 6) is 1.47. The number of carbonyl (C=O) groups is 1. The van der Waals surface area contributed by atoms with Gasteiger partial charge in [-0.05, 0) is 37.3 Å². The largest absolute Gasteiger partial charge is 0.465 e. The van der Waals surface area contributed by atoms with Crippen LogP contribution in [-0.4, -0.2) is 65.4 Å². The average molecular weight is 414 g/mol. The molecule has 2 N–H and O–H groups in total. The van der Waals surface area contributed by atoms with E-state index in [1.54, 1.807) is 6.20 Å². The molecule has 1 aliphatic rings. The Balaban J connectivity index is 1.44. The molecule has 8 heteroatoms. The molecule has 0 bridgehead atoms. The topological polar surface area (TPSA) is 90.8 Å². The highest BCUT2D eigenvalue weighted by molar-refractivity contribution is 5.65. The van der Waals surface area contributed by atoms with Gasteiger partial charge in [0.25, 0.3) is 0 Å². The average Bonchev–Trinajstić information content (AvgIpc) is 2.75. The Morgan fingerprint density at radius 1 is 1.17 bits per heavy atom. The van der Waals surface area contributed by atoms with E-state index in [-0.39, 0.29) is 12.1 Å². The Hall–Kier alpha value is -2.87. The van der Waals surface area contributed by atoms with Crippen molar-refractivity contribution in [3.63, 3.8) is 0 Å². The summed E-state index contributed by atoms with van der Waals surface area (Å²) in [4.78, 5) is 24.0. The zero-order chi connectivity index (χ0) is 21.3. The second-order valence-electron chi connectivity index (χ2n) is 7.80. The van der Waals surface area contributed by atoms with E-state index >= 15 is 0 Å². The molecule has 0 unspecified atom stereocenters. The van der Waals surface area contributed by atoms with Gasteiger partial charge in [0.2, 0.25) is 5.95 Å². The van der Waals surface area contributed by atoms with Crippen molar-refractivity contribution in [1.82, 2.24) is 14.9 Å². The van der Waals surface area contributed by atoms with Gasteiger partial charge in [0.05, 0.1) is 13.2 Å². The molecule has 3 rings (SSSR count). The van der Waals surface area contributed by atoms with Gasteiger partial charge in [0.15, 0.2) is 0 Å². The van der Waals surface area contributed by atoms with Crippen LogP contribution in [0.1, 0.15) is 31.2 Å². The fourth-order valence-electron chi connectivity index (χ4n) is 3.74. The number of benzene rings is 1. The molecule has 8 nitrogen and oxygen atoms in total. The van der Waals surface area contributed by atoms with Crippen LogP contribution in [-0.2, 0) is 11.3 Å². The lowest BCUT2D eigenvalue weighted by atomic mass is 9.90. The Morgan fingerprint density at radius 3 is 2.57 bits per heavy atom. The Bertz CT molecular complexity index is 794. The lowest BCUT2D eigenvalue weighted by Crippen LogP contribution is -2.45. The number of nitrogens with one attached hydrogen (secondary N) is 1. The van der Waals surface area contributed by atoms with E-state index in [9.17, 15) is 9.90 Å². The zero-order valence-electron chi connectivity index (χ0n) is 17.7. The van der Waals surface area contributed by atoms with Crippen LogP contribution in [0, 0.1) is 0 Å². The van der Waals surface area contributed by atoms with Gasteiger partial charge in [-0.1, -0.05) is 30.3 Å². The van der Waals surface area contributed by atoms with Crippen molar-refractivity contribution in [1.29, 1.82) is 0 Å². The van der Waals surface area contributed by atoms with E-state index in [0.717, 1.165) is 37.1 Å². The van der Waals surface area contributed by atoms with Gasteiger partial charge in [-0.2, -0.15) is 4.98 Å². The molecule has 1 aliphatic carbocycles. The van der Waals surface area contributed by atoms with Crippen LogP contribution in [0.15, 0.2) is 42.6 Å². The first-order valence-corrected chi connectivity index (χ1v) is 10.4. The van der Waals surface area contributed by atoms with Crippen molar-refractivity contribution < 1.29 is 14.6 Å². The van der Waals surface area contributed by atoms with Crippen molar-refractivity contribution in [2.75, 3.05) is 37.5 Å². The summed E-state index contributed by atoms with van der Waals surface area (Å²) in [7, 11) is 3.89. The highest BCUT2D eigenvalue weighted by Crippen LogP contribution is 2.25. The minimum atomic E-state index is -0.878. The van der Waals surface area contributed by atoms with Crippen LogP contribution >= 0.6 is 0 Å². The molecule has 0 radical (unpaired) electrons. The van der Waals surface area contributed by atoms with Crippen LogP contribution in [0.2, 0.25) is 0 Å². The van der Waals surface area contributed by atoms with Crippen LogP contribution in [0.4, 0.5) is 16.6 Å². The molecular formula is C22H31N5O3. The third-order valence-electron chi connectivity index (χ3n) is 5.40. The summed E-state index contributed by atoms with van der Waals surface area (Å²) in [6.45, 7) is 1.28. The van der Waals surface area contributed by atoms with E-state index < -0.39 is 6.09 Å². The number of aromatic nitrogens is 2. The highest BCUT2D eigenvalue weighted by atomic mass is 16.5. The molecule has 1 amide bonds.